The van der Waals surface area contributed by atoms with E-state index in [-0.39, 0.29) is 2.27 Å². The number of hydrogen-bond donors (Lipinski definition) is 0. The summed E-state index contributed by atoms with van der Waals surface area (Å²) >= 11 is -5.28. The highest BCUT2D eigenvalue weighted by Crippen LogP contribution is 2.29. The van der Waals surface area contributed by atoms with Gasteiger partial charge < -0.3 is 2.27 Å². The Morgan fingerprint density at radius 3 is 1.50 bits per heavy atom. The molecule has 0 aromatic carbocycles. The van der Waals surface area contributed by atoms with Gasteiger partial charge >= 0.3 is 32.4 Å². The van der Waals surface area contributed by atoms with E-state index in [1.54, 1.807) is 0 Å². The average molecular weight is 302 g/mol. The molecule has 0 aliphatic carbocycles. The van der Waals surface area contributed by atoms with Crippen LogP contribution in [-0.4, -0.2) is 43.1 Å². The van der Waals surface area contributed by atoms with Crippen molar-refractivity contribution in [3.63, 3.8) is 0 Å². The lowest BCUT2D eigenvalue weighted by Crippen LogP contribution is -2.50. The molecule has 0 unspecified atom stereocenters. The van der Waals surface area contributed by atoms with Crippen LogP contribution in [0.2, 0.25) is 11.6 Å². The van der Waals surface area contributed by atoms with Crippen molar-refractivity contribution in [2.45, 2.75) is 17.1 Å². The Labute approximate surface area is 97.4 Å². The van der Waals surface area contributed by atoms with Gasteiger partial charge in [0, 0.05) is 0 Å². The Hall–Kier alpha value is 1.34. The van der Waals surface area contributed by atoms with Crippen molar-refractivity contribution >= 4 is 57.0 Å². The smallest absolute Gasteiger partial charge is 0.330 e. The fourth-order valence-electron chi connectivity index (χ4n) is 0.785. The fraction of sp³-hybridized carbons (Fsp3) is 1.00. The van der Waals surface area contributed by atoms with E-state index in [2.05, 4.69) is 0 Å². The van der Waals surface area contributed by atoms with Gasteiger partial charge in [0.1, 0.15) is 0 Å². The highest BCUT2D eigenvalue weighted by atomic mass is 35.6. The van der Waals surface area contributed by atoms with Crippen LogP contribution in [0.15, 0.2) is 0 Å². The average Bonchev–Trinajstić information content (AvgIpc) is 1.79. The van der Waals surface area contributed by atoms with Gasteiger partial charge in [-0.2, -0.15) is 13.2 Å². The first-order valence-corrected chi connectivity index (χ1v) is 11.7. The summed E-state index contributed by atoms with van der Waals surface area (Å²) in [4.78, 5) is 0. The van der Waals surface area contributed by atoms with Gasteiger partial charge in [-0.1, -0.05) is 11.6 Å². The molecule has 0 spiro atoms. The van der Waals surface area contributed by atoms with Crippen molar-refractivity contribution in [3.8, 4) is 0 Å². The molecule has 0 aromatic heterocycles. The molecule has 0 aliphatic heterocycles. The molecule has 82 valence electrons. The monoisotopic (exact) mass is 301 g/mol. The quantitative estimate of drug-likeness (QED) is 0.746. The first kappa shape index (κ1) is 15.3. The van der Waals surface area contributed by atoms with E-state index in [1.165, 1.54) is 11.6 Å². The minimum Gasteiger partial charge on any atom is -0.330 e. The summed E-state index contributed by atoms with van der Waals surface area (Å²) in [6.45, 7) is 0. The van der Waals surface area contributed by atoms with E-state index >= 15 is 0 Å². The van der Waals surface area contributed by atoms with Crippen molar-refractivity contribution in [2.75, 3.05) is 0 Å². The molecule has 0 radical (unpaired) electrons. The molecule has 0 N–H and O–H groups in total. The lowest BCUT2D eigenvalue weighted by atomic mass is 11.6. The van der Waals surface area contributed by atoms with Crippen LogP contribution in [0.1, 0.15) is 0 Å². The van der Waals surface area contributed by atoms with Gasteiger partial charge in [-0.05, 0) is 0 Å². The highest BCUT2D eigenvalue weighted by molar-refractivity contribution is 7.93. The summed E-state index contributed by atoms with van der Waals surface area (Å²) in [5.74, 6) is 2.52. The lowest BCUT2D eigenvalue weighted by molar-refractivity contribution is -0.0458. The summed E-state index contributed by atoms with van der Waals surface area (Å²) in [5.41, 5.74) is -5.32. The Bertz CT molecular complexity index is 285. The summed E-state index contributed by atoms with van der Waals surface area (Å²) in [7, 11) is 5.59. The van der Waals surface area contributed by atoms with Crippen LogP contribution in [-0.2, 0) is 10.0 Å². The minimum absolute atomic E-state index is 0.260. The van der Waals surface area contributed by atoms with E-state index in [0.717, 1.165) is 0 Å². The predicted octanol–water partition coefficient (Wildman–Crippen LogP) is 1.85. The Balaban J connectivity index is 5.24. The largest absolute Gasteiger partial charge is 0.508 e. The van der Waals surface area contributed by atoms with E-state index in [9.17, 15) is 21.6 Å². The molecule has 0 amide bonds. The fourth-order valence-corrected chi connectivity index (χ4v) is 12.5. The third kappa shape index (κ3) is 3.43. The second-order valence-corrected chi connectivity index (χ2v) is 12.8. The van der Waals surface area contributed by atoms with Crippen LogP contribution in [0.4, 0.5) is 13.2 Å². The lowest BCUT2D eigenvalue weighted by Gasteiger charge is -2.24. The summed E-state index contributed by atoms with van der Waals surface area (Å²) in [6.07, 6.45) is 0. The van der Waals surface area contributed by atoms with E-state index in [4.69, 9.17) is 20.1 Å². The van der Waals surface area contributed by atoms with Crippen molar-refractivity contribution in [2.24, 2.45) is 0 Å². The maximum atomic E-state index is 12.1. The molecule has 0 saturated heterocycles. The number of rotatable bonds is 3. The van der Waals surface area contributed by atoms with Crippen LogP contribution < -0.4 is 0 Å². The van der Waals surface area contributed by atoms with Gasteiger partial charge in [0.2, 0.25) is 0 Å². The molecule has 14 heavy (non-hydrogen) atoms. The number of halogens is 5. The molecule has 0 aliphatic rings. The van der Waals surface area contributed by atoms with Gasteiger partial charge in [0.15, 0.2) is 0 Å². The second kappa shape index (κ2) is 5.12. The van der Waals surface area contributed by atoms with Crippen LogP contribution >= 0.6 is 20.1 Å². The predicted molar refractivity (Wildman–Crippen MR) is 51.8 cm³/mol. The Kier molecular flexibility index (Phi) is 5.61. The molecule has 3 nitrogen and oxygen atoms in total. The van der Waals surface area contributed by atoms with Gasteiger partial charge in [-0.15, -0.1) is 0 Å². The van der Waals surface area contributed by atoms with Crippen LogP contribution in [0, 0.1) is 0 Å². The molecular formula is C3H6Al2Cl2F3NO2S. The van der Waals surface area contributed by atoms with Gasteiger partial charge in [0.25, 0.3) is 10.0 Å². The van der Waals surface area contributed by atoms with Crippen LogP contribution in [0.3, 0.4) is 0 Å². The third-order valence-corrected chi connectivity index (χ3v) is 13.1. The molecule has 0 atom stereocenters. The molecule has 0 aromatic rings. The van der Waals surface area contributed by atoms with Crippen molar-refractivity contribution in [1.82, 2.24) is 2.27 Å². The number of alkyl halides is 3. The highest BCUT2D eigenvalue weighted by Gasteiger charge is 2.53. The summed E-state index contributed by atoms with van der Waals surface area (Å²) in [5, 5.41) is 0. The third-order valence-electron chi connectivity index (χ3n) is 1.27. The number of nitrogens with zero attached hydrogens (tertiary/aromatic N) is 1. The summed E-state index contributed by atoms with van der Waals surface area (Å²) < 4.78 is 58.4. The molecule has 11 heteroatoms. The molecule has 0 fully saturated rings. The van der Waals surface area contributed by atoms with Crippen molar-refractivity contribution < 1.29 is 21.6 Å². The molecule has 0 rings (SSSR count). The maximum absolute atomic E-state index is 12.1. The maximum Gasteiger partial charge on any atom is 0.508 e. The van der Waals surface area contributed by atoms with E-state index in [0.29, 0.717) is 0 Å². The van der Waals surface area contributed by atoms with Gasteiger partial charge in [-0.3, -0.25) is 0 Å². The van der Waals surface area contributed by atoms with Gasteiger partial charge in [-0.25, -0.2) is 28.5 Å². The zero-order valence-electron chi connectivity index (χ0n) is 7.22. The molecule has 0 bridgehead atoms. The molecule has 0 saturated carbocycles. The second-order valence-electron chi connectivity index (χ2n) is 2.43. The zero-order chi connectivity index (χ0) is 11.7. The standard InChI is InChI=1S/CF3NO2S.2CH3.2Al.2ClH/c2-1(3,4)8(5,6)7;;;;;;/h;2*1H3;;;2*1H/q;;;2*+1;;/p-2. The van der Waals surface area contributed by atoms with Crippen molar-refractivity contribution in [3.05, 3.63) is 0 Å². The zero-order valence-corrected chi connectivity index (χ0v) is 11.9. The van der Waals surface area contributed by atoms with Crippen LogP contribution in [0.25, 0.3) is 0 Å². The van der Waals surface area contributed by atoms with Crippen LogP contribution in [0.5, 0.6) is 0 Å². The normalized spacial score (nSPS) is 13.1. The Morgan fingerprint density at radius 2 is 1.43 bits per heavy atom. The number of hydrogen-bond acceptors (Lipinski definition) is 2. The van der Waals surface area contributed by atoms with E-state index < -0.39 is 42.4 Å². The summed E-state index contributed by atoms with van der Waals surface area (Å²) in [6, 6.07) is 0. The first-order chi connectivity index (χ1) is 6.01. The first-order valence-electron chi connectivity index (χ1n) is 3.39. The van der Waals surface area contributed by atoms with E-state index in [1.807, 2.05) is 0 Å². The molecular weight excluding hydrogens is 296 g/mol. The number of sulfonamides is 1. The van der Waals surface area contributed by atoms with Crippen molar-refractivity contribution in [1.29, 1.82) is 0 Å². The molecule has 0 heterocycles. The topological polar surface area (TPSA) is 37.4 Å². The Morgan fingerprint density at radius 1 is 1.14 bits per heavy atom. The van der Waals surface area contributed by atoms with Gasteiger partial charge in [0.05, 0.1) is 0 Å². The minimum atomic E-state index is -5.34. The SMILES string of the molecule is [CH3][Al]([Cl])[N]([Al]([CH3])[Cl])S(=O)(=O)C(F)(F)F.